The van der Waals surface area contributed by atoms with E-state index < -0.39 is 0 Å². The molecule has 0 unspecified atom stereocenters. The molecule has 2 heterocycles. The summed E-state index contributed by atoms with van der Waals surface area (Å²) in [6.45, 7) is 4.36. The number of aryl methyl sites for hydroxylation is 1. The van der Waals surface area contributed by atoms with E-state index in [0.717, 1.165) is 5.69 Å². The van der Waals surface area contributed by atoms with E-state index in [1.165, 1.54) is 10.6 Å². The van der Waals surface area contributed by atoms with Gasteiger partial charge < -0.3 is 15.0 Å². The second kappa shape index (κ2) is 7.94. The first-order chi connectivity index (χ1) is 12.2. The Kier molecular flexibility index (Phi) is 5.45. The van der Waals surface area contributed by atoms with Crippen LogP contribution in [-0.2, 0) is 22.5 Å². The molecular formula is C18H22N4O3. The normalized spacial score (nSPS) is 14.4. The Morgan fingerprint density at radius 2 is 1.96 bits per heavy atom. The van der Waals surface area contributed by atoms with Crippen LogP contribution in [0.3, 0.4) is 0 Å². The highest BCUT2D eigenvalue weighted by Gasteiger charge is 2.19. The molecule has 0 saturated carbocycles. The zero-order chi connectivity index (χ0) is 17.6. The summed E-state index contributed by atoms with van der Waals surface area (Å²) in [7, 11) is 0. The van der Waals surface area contributed by atoms with E-state index in [4.69, 9.17) is 4.74 Å². The van der Waals surface area contributed by atoms with E-state index in [1.54, 1.807) is 0 Å². The van der Waals surface area contributed by atoms with Gasteiger partial charge in [-0.2, -0.15) is 0 Å². The first-order valence-corrected chi connectivity index (χ1v) is 8.45. The van der Waals surface area contributed by atoms with Crippen molar-refractivity contribution >= 4 is 17.5 Å². The van der Waals surface area contributed by atoms with Gasteiger partial charge in [0.1, 0.15) is 6.54 Å². The number of para-hydroxylation sites is 1. The van der Waals surface area contributed by atoms with Crippen molar-refractivity contribution in [3.63, 3.8) is 0 Å². The minimum atomic E-state index is -0.256. The second-order valence-electron chi connectivity index (χ2n) is 5.84. The standard InChI is InChI=1S/C18H22N4O3/c1-2-14-12-17(24)22(18(20-14)21-8-10-25-11-9-21)13-16(23)19-15-6-4-3-5-7-15/h3-7,12H,2,8-11,13H2,1H3,(H,19,23). The average molecular weight is 342 g/mol. The third-order valence-corrected chi connectivity index (χ3v) is 4.06. The molecule has 7 heteroatoms. The summed E-state index contributed by atoms with van der Waals surface area (Å²) in [5.41, 5.74) is 1.22. The lowest BCUT2D eigenvalue weighted by Crippen LogP contribution is -2.42. The number of anilines is 2. The molecule has 0 atom stereocenters. The number of hydrogen-bond donors (Lipinski definition) is 1. The Morgan fingerprint density at radius 3 is 2.64 bits per heavy atom. The molecule has 1 N–H and O–H groups in total. The Morgan fingerprint density at radius 1 is 1.24 bits per heavy atom. The molecule has 1 aliphatic heterocycles. The number of benzene rings is 1. The van der Waals surface area contributed by atoms with E-state index in [1.807, 2.05) is 42.2 Å². The molecule has 1 saturated heterocycles. The van der Waals surface area contributed by atoms with Crippen LogP contribution in [0.25, 0.3) is 0 Å². The molecule has 132 valence electrons. The lowest BCUT2D eigenvalue weighted by atomic mass is 10.3. The topological polar surface area (TPSA) is 76.5 Å². The highest BCUT2D eigenvalue weighted by molar-refractivity contribution is 5.90. The van der Waals surface area contributed by atoms with E-state index in [2.05, 4.69) is 10.3 Å². The molecule has 25 heavy (non-hydrogen) atoms. The predicted octanol–water partition coefficient (Wildman–Crippen LogP) is 1.28. The maximum Gasteiger partial charge on any atom is 0.255 e. The molecule has 1 aromatic carbocycles. The van der Waals surface area contributed by atoms with Crippen molar-refractivity contribution in [1.82, 2.24) is 9.55 Å². The summed E-state index contributed by atoms with van der Waals surface area (Å²) in [5, 5.41) is 2.81. The highest BCUT2D eigenvalue weighted by Crippen LogP contribution is 2.13. The number of nitrogens with one attached hydrogen (secondary N) is 1. The Hall–Kier alpha value is -2.67. The van der Waals surface area contributed by atoms with Gasteiger partial charge in [0.15, 0.2) is 0 Å². The number of ether oxygens (including phenoxy) is 1. The first-order valence-electron chi connectivity index (χ1n) is 8.45. The summed E-state index contributed by atoms with van der Waals surface area (Å²) >= 11 is 0. The number of amides is 1. The van der Waals surface area contributed by atoms with Gasteiger partial charge in [0.05, 0.1) is 13.2 Å². The van der Waals surface area contributed by atoms with Gasteiger partial charge in [-0.25, -0.2) is 4.98 Å². The molecule has 1 aliphatic rings. The smallest absolute Gasteiger partial charge is 0.255 e. The lowest BCUT2D eigenvalue weighted by Gasteiger charge is -2.29. The van der Waals surface area contributed by atoms with E-state index in [0.29, 0.717) is 44.4 Å². The molecule has 1 amide bonds. The van der Waals surface area contributed by atoms with Crippen molar-refractivity contribution in [3.8, 4) is 0 Å². The summed E-state index contributed by atoms with van der Waals surface area (Å²) < 4.78 is 6.81. The fraction of sp³-hybridized carbons (Fsp3) is 0.389. The largest absolute Gasteiger partial charge is 0.378 e. The Balaban J connectivity index is 1.86. The molecule has 3 rings (SSSR count). The molecule has 1 fully saturated rings. The zero-order valence-corrected chi connectivity index (χ0v) is 14.3. The number of carbonyl (C=O) groups is 1. The van der Waals surface area contributed by atoms with Crippen molar-refractivity contribution in [3.05, 3.63) is 52.4 Å². The first kappa shape index (κ1) is 17.2. The van der Waals surface area contributed by atoms with E-state index in [-0.39, 0.29) is 18.0 Å². The van der Waals surface area contributed by atoms with Gasteiger partial charge in [0.25, 0.3) is 5.56 Å². The van der Waals surface area contributed by atoms with Gasteiger partial charge in [0.2, 0.25) is 11.9 Å². The van der Waals surface area contributed by atoms with Gasteiger partial charge >= 0.3 is 0 Å². The fourth-order valence-corrected chi connectivity index (χ4v) is 2.74. The quantitative estimate of drug-likeness (QED) is 0.886. The molecule has 1 aromatic heterocycles. The molecule has 0 radical (unpaired) electrons. The third kappa shape index (κ3) is 4.24. The molecule has 2 aromatic rings. The van der Waals surface area contributed by atoms with Crippen LogP contribution in [0.5, 0.6) is 0 Å². The monoisotopic (exact) mass is 342 g/mol. The van der Waals surface area contributed by atoms with Crippen LogP contribution in [-0.4, -0.2) is 41.8 Å². The summed E-state index contributed by atoms with van der Waals surface area (Å²) in [5.74, 6) is 0.282. The van der Waals surface area contributed by atoms with Crippen LogP contribution < -0.4 is 15.8 Å². The van der Waals surface area contributed by atoms with Crippen LogP contribution >= 0.6 is 0 Å². The van der Waals surface area contributed by atoms with Crippen LogP contribution in [0.15, 0.2) is 41.2 Å². The van der Waals surface area contributed by atoms with Crippen molar-refractivity contribution < 1.29 is 9.53 Å². The van der Waals surface area contributed by atoms with Crippen molar-refractivity contribution in [2.24, 2.45) is 0 Å². The number of nitrogens with zero attached hydrogens (tertiary/aromatic N) is 3. The molecule has 0 spiro atoms. The second-order valence-corrected chi connectivity index (χ2v) is 5.84. The molecule has 0 aliphatic carbocycles. The highest BCUT2D eigenvalue weighted by atomic mass is 16.5. The van der Waals surface area contributed by atoms with Gasteiger partial charge in [-0.3, -0.25) is 14.2 Å². The third-order valence-electron chi connectivity index (χ3n) is 4.06. The van der Waals surface area contributed by atoms with Crippen molar-refractivity contribution in [2.45, 2.75) is 19.9 Å². The van der Waals surface area contributed by atoms with Gasteiger partial charge in [-0.1, -0.05) is 25.1 Å². The lowest BCUT2D eigenvalue weighted by molar-refractivity contribution is -0.116. The van der Waals surface area contributed by atoms with Crippen molar-refractivity contribution in [2.75, 3.05) is 36.5 Å². The van der Waals surface area contributed by atoms with Gasteiger partial charge in [0, 0.05) is 30.5 Å². The number of morpholine rings is 1. The summed E-state index contributed by atoms with van der Waals surface area (Å²) in [4.78, 5) is 31.5. The Bertz CT molecular complexity index is 783. The Labute approximate surface area is 146 Å². The van der Waals surface area contributed by atoms with Crippen molar-refractivity contribution in [1.29, 1.82) is 0 Å². The van der Waals surface area contributed by atoms with E-state index >= 15 is 0 Å². The molecule has 0 bridgehead atoms. The number of hydrogen-bond acceptors (Lipinski definition) is 5. The SMILES string of the molecule is CCc1cc(=O)n(CC(=O)Nc2ccccc2)c(N2CCOCC2)n1. The average Bonchev–Trinajstić information content (AvgIpc) is 2.64. The van der Waals surface area contributed by atoms with Crippen LogP contribution in [0.2, 0.25) is 0 Å². The molecular weight excluding hydrogens is 320 g/mol. The van der Waals surface area contributed by atoms with Crippen LogP contribution in [0, 0.1) is 0 Å². The predicted molar refractivity (Wildman–Crippen MR) is 96.0 cm³/mol. The van der Waals surface area contributed by atoms with E-state index in [9.17, 15) is 9.59 Å². The van der Waals surface area contributed by atoms with Crippen LogP contribution in [0.1, 0.15) is 12.6 Å². The maximum absolute atomic E-state index is 12.5. The zero-order valence-electron chi connectivity index (χ0n) is 14.3. The molecule has 7 nitrogen and oxygen atoms in total. The van der Waals surface area contributed by atoms with Crippen LogP contribution in [0.4, 0.5) is 11.6 Å². The number of rotatable bonds is 5. The van der Waals surface area contributed by atoms with Gasteiger partial charge in [-0.05, 0) is 18.6 Å². The number of carbonyl (C=O) groups excluding carboxylic acids is 1. The van der Waals surface area contributed by atoms with Gasteiger partial charge in [-0.15, -0.1) is 0 Å². The summed E-state index contributed by atoms with van der Waals surface area (Å²) in [6, 6.07) is 10.7. The summed E-state index contributed by atoms with van der Waals surface area (Å²) in [6.07, 6.45) is 0.670. The minimum Gasteiger partial charge on any atom is -0.378 e. The fourth-order valence-electron chi connectivity index (χ4n) is 2.74. The maximum atomic E-state index is 12.5. The minimum absolute atomic E-state index is 0.0720. The number of aromatic nitrogens is 2.